The molecule has 26 heteroatoms. The number of rotatable bonds is 24. The van der Waals surface area contributed by atoms with Gasteiger partial charge in [0.25, 0.3) is 0 Å². The number of hydrogen-bond donors (Lipinski definition) is 12. The lowest BCUT2D eigenvalue weighted by Gasteiger charge is -2.43. The molecule has 2 aliphatic carbocycles. The van der Waals surface area contributed by atoms with E-state index < -0.39 is 168 Å². The Kier molecular flexibility index (Phi) is 21.2. The van der Waals surface area contributed by atoms with E-state index in [4.69, 9.17) is 14.2 Å². The van der Waals surface area contributed by atoms with Crippen LogP contribution >= 0.6 is 0 Å². The van der Waals surface area contributed by atoms with Gasteiger partial charge in [0.1, 0.15) is 65.5 Å². The van der Waals surface area contributed by atoms with Gasteiger partial charge < -0.3 is 81.7 Å². The Bertz CT molecular complexity index is 3380. The fourth-order valence-corrected chi connectivity index (χ4v) is 11.9. The fourth-order valence-electron chi connectivity index (χ4n) is 11.9. The third kappa shape index (κ3) is 15.2. The number of phenols is 3. The number of likely N-dealkylation sites (tertiary alicyclic amines) is 1. The summed E-state index contributed by atoms with van der Waals surface area (Å²) in [5, 5.41) is 82.6. The molecule has 0 saturated carbocycles. The molecule has 8 rings (SSSR count). The topological polar surface area (TPSA) is 395 Å². The van der Waals surface area contributed by atoms with Crippen molar-refractivity contribution in [2.24, 2.45) is 5.92 Å². The molecule has 0 spiro atoms. The molecule has 4 aromatic carbocycles. The van der Waals surface area contributed by atoms with Gasteiger partial charge in [0, 0.05) is 55.8 Å². The summed E-state index contributed by atoms with van der Waals surface area (Å²) in [6, 6.07) is 13.2. The summed E-state index contributed by atoms with van der Waals surface area (Å²) >= 11 is 0. The van der Waals surface area contributed by atoms with E-state index in [9.17, 15) is 78.6 Å². The average molecular weight is 1230 g/mol. The molecule has 89 heavy (non-hydrogen) atoms. The van der Waals surface area contributed by atoms with Gasteiger partial charge in [0.2, 0.25) is 47.1 Å². The van der Waals surface area contributed by atoms with Crippen molar-refractivity contribution in [1.82, 2.24) is 36.8 Å². The second-order valence-electron chi connectivity index (χ2n) is 23.2. The highest BCUT2D eigenvalue weighted by molar-refractivity contribution is 6.31. The zero-order chi connectivity index (χ0) is 64.6. The number of carbonyl (C=O) groups is 10. The number of hydrogen-bond acceptors (Lipinski definition) is 19. The molecule has 0 unspecified atom stereocenters. The number of aromatic hydroxyl groups is 3. The number of aliphatic hydroxyl groups excluding tert-OH is 2. The standard InChI is InChI=1S/C63H75N7O19/c1-31(2)23-41(69-62(85)43-14-10-22-70(43)33(4)72)59(82)64-28-47(75)66-39(21-18-34-11-7-6-8-12-34)61(84)68-42(24-35-16-19-36(73)20-17-35)60(83)65-29-48(76)67-40-25-49(88-32(3)54(40)77)89-45-27-63(86,46(74)30-71)26-38-51(45)58(81)53-52(56(38)79)55(78)37-13-9-15-44(87-5)50(37)57(53)80/h6-9,11-13,15-17,19-20,31-32,39-43,45,49,54,71,73,77,79,81,86H,10,14,18,21-30H2,1-5H3,(H,64,82)(H,65,83)(H,66,75)(H,67,76)(H,68,84)(H,69,85)/t32-,39-,40-,41-,42-,43-,45-,49-,54+,63-/m0/s1. The molecule has 12 N–H and O–H groups in total. The van der Waals surface area contributed by atoms with Gasteiger partial charge in [-0.1, -0.05) is 68.4 Å². The second kappa shape index (κ2) is 28.6. The van der Waals surface area contributed by atoms with Crippen LogP contribution in [0.4, 0.5) is 0 Å². The second-order valence-corrected chi connectivity index (χ2v) is 23.2. The van der Waals surface area contributed by atoms with Crippen LogP contribution in [0.15, 0.2) is 72.8 Å². The highest BCUT2D eigenvalue weighted by Gasteiger charge is 2.51. The van der Waals surface area contributed by atoms with Crippen LogP contribution < -0.4 is 36.6 Å². The number of nitrogens with one attached hydrogen (secondary N) is 6. The Labute approximate surface area is 512 Å². The zero-order valence-electron chi connectivity index (χ0n) is 49.8. The minimum absolute atomic E-state index is 0.000147. The molecular formula is C63H75N7O19. The van der Waals surface area contributed by atoms with E-state index in [0.29, 0.717) is 24.9 Å². The van der Waals surface area contributed by atoms with Crippen molar-refractivity contribution in [2.75, 3.05) is 33.4 Å². The smallest absolute Gasteiger partial charge is 0.243 e. The van der Waals surface area contributed by atoms with E-state index in [1.165, 1.54) is 68.3 Å². The van der Waals surface area contributed by atoms with Crippen molar-refractivity contribution in [3.05, 3.63) is 117 Å². The number of benzene rings is 4. The summed E-state index contributed by atoms with van der Waals surface area (Å²) in [5.74, 6) is -9.46. The number of fused-ring (bicyclic) bond motifs is 3. The molecule has 4 aromatic rings. The van der Waals surface area contributed by atoms with Gasteiger partial charge in [-0.15, -0.1) is 0 Å². The summed E-state index contributed by atoms with van der Waals surface area (Å²) in [5.41, 5.74) is -3.38. The summed E-state index contributed by atoms with van der Waals surface area (Å²) in [7, 11) is 1.27. The molecule has 2 fully saturated rings. The SMILES string of the molecule is COc1cccc2c1C(=O)c1c(O)c3c(c(O)c1C2=O)C[C@@](O)(C(=O)CO)C[C@@H]3O[C@H]1C[C@H](NC(=O)CNC(=O)[C@H](Cc2ccc(O)cc2)NC(=O)[C@H](CCc2ccccc2)NC(=O)CNC(=O)[C@H](CC(C)C)NC(=O)[C@@H]2CCCN2C(C)=O)[C@H](O)[C@H](C)O1. The maximum Gasteiger partial charge on any atom is 0.243 e. The number of phenolic OH excluding ortho intramolecular Hbond substituents is 3. The van der Waals surface area contributed by atoms with E-state index in [1.54, 1.807) is 18.2 Å². The maximum absolute atomic E-state index is 14.4. The molecule has 0 bridgehead atoms. The Hall–Kier alpha value is -8.82. The van der Waals surface area contributed by atoms with Crippen LogP contribution in [-0.4, -0.2) is 182 Å². The summed E-state index contributed by atoms with van der Waals surface area (Å²) < 4.78 is 17.6. The number of methoxy groups -OCH3 is 1. The first-order valence-corrected chi connectivity index (χ1v) is 29.4. The van der Waals surface area contributed by atoms with Gasteiger partial charge in [0.15, 0.2) is 17.9 Å². The van der Waals surface area contributed by atoms with Crippen molar-refractivity contribution >= 4 is 58.7 Å². The van der Waals surface area contributed by atoms with E-state index in [-0.39, 0.29) is 77.7 Å². The zero-order valence-corrected chi connectivity index (χ0v) is 49.8. The third-order valence-corrected chi connectivity index (χ3v) is 16.5. The van der Waals surface area contributed by atoms with Gasteiger partial charge in [-0.25, -0.2) is 0 Å². The van der Waals surface area contributed by atoms with Crippen LogP contribution in [0.5, 0.6) is 23.0 Å². The molecule has 0 radical (unpaired) electrons. The van der Waals surface area contributed by atoms with Gasteiger partial charge in [-0.3, -0.25) is 47.9 Å². The predicted molar refractivity (Wildman–Crippen MR) is 314 cm³/mol. The van der Waals surface area contributed by atoms with Crippen LogP contribution in [0.3, 0.4) is 0 Å². The highest BCUT2D eigenvalue weighted by atomic mass is 16.7. The largest absolute Gasteiger partial charge is 0.508 e. The summed E-state index contributed by atoms with van der Waals surface area (Å²) in [6.07, 6.45) is -6.04. The third-order valence-electron chi connectivity index (χ3n) is 16.5. The van der Waals surface area contributed by atoms with Crippen LogP contribution in [-0.2, 0) is 67.1 Å². The lowest BCUT2D eigenvalue weighted by atomic mass is 9.72. The molecular weight excluding hydrogens is 1160 g/mol. The lowest BCUT2D eigenvalue weighted by Crippen LogP contribution is -2.58. The van der Waals surface area contributed by atoms with E-state index >= 15 is 0 Å². The van der Waals surface area contributed by atoms with Crippen LogP contribution in [0.1, 0.15) is 126 Å². The number of ketones is 3. The summed E-state index contributed by atoms with van der Waals surface area (Å²) in [6.45, 7) is 4.39. The van der Waals surface area contributed by atoms with Crippen molar-refractivity contribution in [2.45, 2.75) is 146 Å². The predicted octanol–water partition coefficient (Wildman–Crippen LogP) is 0.484. The number of aliphatic hydroxyl groups is 3. The maximum atomic E-state index is 14.4. The van der Waals surface area contributed by atoms with E-state index in [2.05, 4.69) is 31.9 Å². The molecule has 476 valence electrons. The van der Waals surface area contributed by atoms with Gasteiger partial charge >= 0.3 is 0 Å². The van der Waals surface area contributed by atoms with Gasteiger partial charge in [0.05, 0.1) is 55.1 Å². The molecule has 2 heterocycles. The number of amides is 7. The Balaban J connectivity index is 0.956. The van der Waals surface area contributed by atoms with Crippen LogP contribution in [0.2, 0.25) is 0 Å². The number of Topliss-reactive ketones (excluding diaryl/α,β-unsaturated/α-hetero) is 1. The highest BCUT2D eigenvalue weighted by Crippen LogP contribution is 2.52. The van der Waals surface area contributed by atoms with Gasteiger partial charge in [-0.05, 0) is 74.3 Å². The molecule has 10 atom stereocenters. The Morgan fingerprint density at radius 1 is 0.775 bits per heavy atom. The number of aryl methyl sites for hydroxylation is 1. The van der Waals surface area contributed by atoms with E-state index in [1.807, 2.05) is 26.0 Å². The van der Waals surface area contributed by atoms with Crippen LogP contribution in [0.25, 0.3) is 0 Å². The number of carbonyl (C=O) groups excluding carboxylic acids is 10. The van der Waals surface area contributed by atoms with Crippen molar-refractivity contribution in [3.63, 3.8) is 0 Å². The summed E-state index contributed by atoms with van der Waals surface area (Å²) in [4.78, 5) is 138. The van der Waals surface area contributed by atoms with Crippen molar-refractivity contribution in [3.8, 4) is 23.0 Å². The molecule has 7 amide bonds. The normalized spacial score (nSPS) is 22.1. The molecule has 4 aliphatic rings. The van der Waals surface area contributed by atoms with Crippen molar-refractivity contribution in [1.29, 1.82) is 0 Å². The minimum Gasteiger partial charge on any atom is -0.508 e. The quantitative estimate of drug-likeness (QED) is 0.0374. The minimum atomic E-state index is -2.47. The van der Waals surface area contributed by atoms with Crippen molar-refractivity contribution < 1.29 is 92.8 Å². The average Bonchev–Trinajstić information content (AvgIpc) is 1.00. The fraction of sp³-hybridized carbons (Fsp3) is 0.460. The van der Waals surface area contributed by atoms with E-state index in [0.717, 1.165) is 5.56 Å². The first-order valence-electron chi connectivity index (χ1n) is 29.4. The molecule has 26 nitrogen and oxygen atoms in total. The molecule has 2 aliphatic heterocycles. The van der Waals surface area contributed by atoms with Gasteiger partial charge in [-0.2, -0.15) is 0 Å². The first kappa shape index (κ1) is 66.1. The number of ether oxygens (including phenoxy) is 3. The molecule has 2 saturated heterocycles. The lowest BCUT2D eigenvalue weighted by molar-refractivity contribution is -0.249. The van der Waals surface area contributed by atoms with Crippen LogP contribution in [0, 0.1) is 5.92 Å². The first-order chi connectivity index (χ1) is 42.3. The monoisotopic (exact) mass is 1230 g/mol. The Morgan fingerprint density at radius 2 is 1.45 bits per heavy atom. The number of nitrogens with zero attached hydrogens (tertiary/aromatic N) is 1. The Morgan fingerprint density at radius 3 is 2.11 bits per heavy atom. The molecule has 0 aromatic heterocycles.